The zero-order valence-corrected chi connectivity index (χ0v) is 21.9. The van der Waals surface area contributed by atoms with E-state index in [0.717, 1.165) is 0 Å². The monoisotopic (exact) mass is 584 g/mol. The summed E-state index contributed by atoms with van der Waals surface area (Å²) in [6.45, 7) is 0. The van der Waals surface area contributed by atoms with Gasteiger partial charge in [-0.2, -0.15) is 0 Å². The highest BCUT2D eigenvalue weighted by atomic mass is 79.9. The Hall–Kier alpha value is -3.73. The zero-order chi connectivity index (χ0) is 27.1. The number of halogens is 1. The van der Waals surface area contributed by atoms with Gasteiger partial charge in [-0.05, 0) is 48.5 Å². The minimum atomic E-state index is -1.67. The molecule has 0 aliphatic carbocycles. The topological polar surface area (TPSA) is 118 Å². The molecule has 0 amide bonds. The molecule has 10 heteroatoms. The molecule has 38 heavy (non-hydrogen) atoms. The lowest BCUT2D eigenvalue weighted by atomic mass is 9.98. The maximum atomic E-state index is 13.1. The molecule has 1 aliphatic heterocycles. The van der Waals surface area contributed by atoms with E-state index in [2.05, 4.69) is 15.9 Å². The quantitative estimate of drug-likeness (QED) is 0.240. The van der Waals surface area contributed by atoms with Crippen LogP contribution in [0.5, 0.6) is 5.75 Å². The van der Waals surface area contributed by atoms with Crippen LogP contribution in [0.2, 0.25) is 0 Å². The van der Waals surface area contributed by atoms with Crippen LogP contribution in [0.15, 0.2) is 84.9 Å². The molecule has 1 saturated heterocycles. The second kappa shape index (κ2) is 12.7. The summed E-state index contributed by atoms with van der Waals surface area (Å²) in [6, 6.07) is 22.5. The van der Waals surface area contributed by atoms with Crippen LogP contribution in [0.25, 0.3) is 0 Å². The summed E-state index contributed by atoms with van der Waals surface area (Å²) in [7, 11) is 1.50. The molecule has 0 saturated carbocycles. The number of alkyl halides is 1. The van der Waals surface area contributed by atoms with Crippen molar-refractivity contribution in [2.24, 2.45) is 0 Å². The average molecular weight is 585 g/mol. The van der Waals surface area contributed by atoms with Crippen molar-refractivity contribution in [3.8, 4) is 5.75 Å². The summed E-state index contributed by atoms with van der Waals surface area (Å²) in [5.41, 5.74) is 0.635. The Balaban J connectivity index is 1.65. The highest BCUT2D eigenvalue weighted by Crippen LogP contribution is 2.30. The standard InChI is InChI=1S/C28H25BrO9/c1-34-20-14-12-19(13-15-20)27(32)36-22-21(16-29)35-28(33)24(38-26(31)18-10-6-3-7-11-18)23(22)37-25(30)17-8-4-2-5-9-17/h2-15,21-24,28,33H,16H2,1H3/t21-,22-,23+,24-,28-/m1/s1. The summed E-state index contributed by atoms with van der Waals surface area (Å²) < 4.78 is 27.8. The van der Waals surface area contributed by atoms with Gasteiger partial charge < -0.3 is 28.8 Å². The predicted octanol–water partition coefficient (Wildman–Crippen LogP) is 3.78. The fourth-order valence-electron chi connectivity index (χ4n) is 3.87. The van der Waals surface area contributed by atoms with Crippen molar-refractivity contribution in [1.82, 2.24) is 0 Å². The number of benzene rings is 3. The molecule has 0 unspecified atom stereocenters. The number of aliphatic hydroxyl groups excluding tert-OH is 1. The van der Waals surface area contributed by atoms with Gasteiger partial charge in [0, 0.05) is 5.33 Å². The molecule has 3 aromatic rings. The molecule has 4 rings (SSSR count). The Morgan fingerprint density at radius 2 is 1.16 bits per heavy atom. The molecule has 1 N–H and O–H groups in total. The minimum Gasteiger partial charge on any atom is -0.497 e. The number of carbonyl (C=O) groups is 3. The second-order valence-corrected chi connectivity index (χ2v) is 8.94. The molecule has 198 valence electrons. The van der Waals surface area contributed by atoms with Crippen molar-refractivity contribution in [2.75, 3.05) is 12.4 Å². The van der Waals surface area contributed by atoms with Gasteiger partial charge in [0.1, 0.15) is 11.9 Å². The van der Waals surface area contributed by atoms with Gasteiger partial charge in [0.05, 0.1) is 23.8 Å². The predicted molar refractivity (Wildman–Crippen MR) is 138 cm³/mol. The Morgan fingerprint density at radius 1 is 0.711 bits per heavy atom. The molecule has 0 bridgehead atoms. The summed E-state index contributed by atoms with van der Waals surface area (Å²) in [6.07, 6.45) is -6.75. The van der Waals surface area contributed by atoms with E-state index in [1.807, 2.05) is 0 Å². The van der Waals surface area contributed by atoms with Crippen LogP contribution in [-0.4, -0.2) is 66.2 Å². The van der Waals surface area contributed by atoms with Gasteiger partial charge in [0.2, 0.25) is 0 Å². The van der Waals surface area contributed by atoms with Crippen LogP contribution < -0.4 is 4.74 Å². The van der Waals surface area contributed by atoms with Crippen molar-refractivity contribution in [3.05, 3.63) is 102 Å². The molecule has 3 aromatic carbocycles. The van der Waals surface area contributed by atoms with Crippen LogP contribution >= 0.6 is 15.9 Å². The third-order valence-corrected chi connectivity index (χ3v) is 6.47. The first-order valence-corrected chi connectivity index (χ1v) is 12.8. The highest BCUT2D eigenvalue weighted by molar-refractivity contribution is 9.09. The van der Waals surface area contributed by atoms with E-state index in [9.17, 15) is 19.5 Å². The summed E-state index contributed by atoms with van der Waals surface area (Å²) in [5, 5.41) is 10.9. The van der Waals surface area contributed by atoms with Gasteiger partial charge in [-0.1, -0.05) is 52.3 Å². The van der Waals surface area contributed by atoms with Gasteiger partial charge in [-0.3, -0.25) is 0 Å². The fourth-order valence-corrected chi connectivity index (χ4v) is 4.39. The molecule has 5 atom stereocenters. The molecule has 0 radical (unpaired) electrons. The Bertz CT molecular complexity index is 1230. The van der Waals surface area contributed by atoms with E-state index < -0.39 is 48.6 Å². The lowest BCUT2D eigenvalue weighted by Gasteiger charge is -2.42. The third-order valence-electron chi connectivity index (χ3n) is 5.84. The number of ether oxygens (including phenoxy) is 5. The van der Waals surface area contributed by atoms with Crippen LogP contribution in [0, 0.1) is 0 Å². The van der Waals surface area contributed by atoms with Gasteiger partial charge in [-0.25, -0.2) is 14.4 Å². The second-order valence-electron chi connectivity index (χ2n) is 8.29. The minimum absolute atomic E-state index is 0.114. The number of aliphatic hydroxyl groups is 1. The number of hydrogen-bond acceptors (Lipinski definition) is 9. The van der Waals surface area contributed by atoms with Crippen LogP contribution in [-0.2, 0) is 18.9 Å². The van der Waals surface area contributed by atoms with Gasteiger partial charge in [0.25, 0.3) is 0 Å². The van der Waals surface area contributed by atoms with Crippen LogP contribution in [0.3, 0.4) is 0 Å². The number of rotatable bonds is 8. The van der Waals surface area contributed by atoms with Crippen molar-refractivity contribution >= 4 is 33.8 Å². The molecular formula is C28H25BrO9. The Morgan fingerprint density at radius 3 is 1.63 bits per heavy atom. The van der Waals surface area contributed by atoms with E-state index in [1.54, 1.807) is 60.7 Å². The highest BCUT2D eigenvalue weighted by Gasteiger charge is 2.52. The molecule has 1 heterocycles. The Kier molecular flexibility index (Phi) is 9.11. The largest absolute Gasteiger partial charge is 0.497 e. The smallest absolute Gasteiger partial charge is 0.338 e. The van der Waals surface area contributed by atoms with Crippen molar-refractivity contribution in [2.45, 2.75) is 30.7 Å². The number of carbonyl (C=O) groups excluding carboxylic acids is 3. The van der Waals surface area contributed by atoms with E-state index >= 15 is 0 Å². The zero-order valence-electron chi connectivity index (χ0n) is 20.3. The molecule has 1 fully saturated rings. The molecular weight excluding hydrogens is 560 g/mol. The van der Waals surface area contributed by atoms with Gasteiger partial charge in [0.15, 0.2) is 24.6 Å². The summed E-state index contributed by atoms with van der Waals surface area (Å²) in [5.74, 6) is -1.73. The Labute approximate surface area is 227 Å². The van der Waals surface area contributed by atoms with Crippen molar-refractivity contribution in [3.63, 3.8) is 0 Å². The SMILES string of the molecule is COc1ccc(C(=O)O[C@H]2[C@H](OC(=O)c3ccccc3)[C@@H](OC(=O)c3ccccc3)[C@H](O)O[C@@H]2CBr)cc1. The summed E-state index contributed by atoms with van der Waals surface area (Å²) in [4.78, 5) is 39.0. The number of esters is 3. The maximum Gasteiger partial charge on any atom is 0.338 e. The maximum absolute atomic E-state index is 13.1. The first-order valence-electron chi connectivity index (χ1n) is 11.7. The third kappa shape index (κ3) is 6.39. The first kappa shape index (κ1) is 27.3. The van der Waals surface area contributed by atoms with Crippen LogP contribution in [0.1, 0.15) is 31.1 Å². The lowest BCUT2D eigenvalue weighted by molar-refractivity contribution is -0.274. The van der Waals surface area contributed by atoms with E-state index in [-0.39, 0.29) is 22.0 Å². The molecule has 9 nitrogen and oxygen atoms in total. The number of methoxy groups -OCH3 is 1. The lowest BCUT2D eigenvalue weighted by Crippen LogP contribution is -2.62. The first-order chi connectivity index (χ1) is 18.4. The molecule has 0 spiro atoms. The van der Waals surface area contributed by atoms with Crippen molar-refractivity contribution in [1.29, 1.82) is 0 Å². The van der Waals surface area contributed by atoms with E-state index in [0.29, 0.717) is 5.75 Å². The normalized spacial score (nSPS) is 22.7. The van der Waals surface area contributed by atoms with E-state index in [1.165, 1.54) is 31.4 Å². The van der Waals surface area contributed by atoms with Crippen molar-refractivity contribution < 1.29 is 43.2 Å². The van der Waals surface area contributed by atoms with Gasteiger partial charge in [-0.15, -0.1) is 0 Å². The van der Waals surface area contributed by atoms with Crippen LogP contribution in [0.4, 0.5) is 0 Å². The average Bonchev–Trinajstić information content (AvgIpc) is 2.96. The van der Waals surface area contributed by atoms with E-state index in [4.69, 9.17) is 23.7 Å². The number of hydrogen-bond donors (Lipinski definition) is 1. The molecule has 0 aromatic heterocycles. The molecule has 1 aliphatic rings. The van der Waals surface area contributed by atoms with Gasteiger partial charge >= 0.3 is 17.9 Å². The fraction of sp³-hybridized carbons (Fsp3) is 0.250. The summed E-state index contributed by atoms with van der Waals surface area (Å²) >= 11 is 3.30.